The molecule has 2 rings (SSSR count). The Bertz CT molecular complexity index is 413. The van der Waals surface area contributed by atoms with Crippen LogP contribution >= 0.6 is 11.3 Å². The fourth-order valence-electron chi connectivity index (χ4n) is 2.88. The summed E-state index contributed by atoms with van der Waals surface area (Å²) in [6.45, 7) is 5.54. The number of nitrogens with zero attached hydrogens (tertiary/aromatic N) is 1. The minimum atomic E-state index is 0.527. The summed E-state index contributed by atoms with van der Waals surface area (Å²) in [6.07, 6.45) is 5.24. The van der Waals surface area contributed by atoms with Gasteiger partial charge >= 0.3 is 0 Å². The fourth-order valence-corrected chi connectivity index (χ4v) is 3.66. The zero-order valence-electron chi connectivity index (χ0n) is 12.9. The SMILES string of the molecule is CN=C(NCC(C)c1cccs1)NC1CCCC(C)C1. The molecule has 0 bridgehead atoms. The van der Waals surface area contributed by atoms with E-state index in [9.17, 15) is 0 Å². The third-order valence-electron chi connectivity index (χ3n) is 4.11. The van der Waals surface area contributed by atoms with Crippen LogP contribution in [0.4, 0.5) is 0 Å². The van der Waals surface area contributed by atoms with Crippen molar-refractivity contribution < 1.29 is 0 Å². The standard InChI is InChI=1S/C16H27N3S/c1-12-6-4-7-14(10-12)19-16(17-3)18-11-13(2)15-8-5-9-20-15/h5,8-9,12-14H,4,6-7,10-11H2,1-3H3,(H2,17,18,19). The largest absolute Gasteiger partial charge is 0.356 e. The van der Waals surface area contributed by atoms with E-state index in [2.05, 4.69) is 47.0 Å². The monoisotopic (exact) mass is 293 g/mol. The minimum Gasteiger partial charge on any atom is -0.356 e. The quantitative estimate of drug-likeness (QED) is 0.657. The van der Waals surface area contributed by atoms with Crippen LogP contribution in [0, 0.1) is 5.92 Å². The van der Waals surface area contributed by atoms with E-state index in [0.29, 0.717) is 12.0 Å². The van der Waals surface area contributed by atoms with Crippen molar-refractivity contribution in [1.82, 2.24) is 10.6 Å². The molecule has 20 heavy (non-hydrogen) atoms. The van der Waals surface area contributed by atoms with Crippen LogP contribution in [0.1, 0.15) is 50.3 Å². The van der Waals surface area contributed by atoms with Gasteiger partial charge in [-0.15, -0.1) is 11.3 Å². The van der Waals surface area contributed by atoms with Crippen LogP contribution in [-0.2, 0) is 0 Å². The lowest BCUT2D eigenvalue weighted by molar-refractivity contribution is 0.324. The van der Waals surface area contributed by atoms with E-state index in [1.165, 1.54) is 30.6 Å². The van der Waals surface area contributed by atoms with Gasteiger partial charge in [-0.1, -0.05) is 32.8 Å². The summed E-state index contributed by atoms with van der Waals surface area (Å²) >= 11 is 1.83. The maximum absolute atomic E-state index is 4.36. The zero-order chi connectivity index (χ0) is 14.4. The molecule has 1 heterocycles. The van der Waals surface area contributed by atoms with E-state index < -0.39 is 0 Å². The number of nitrogens with one attached hydrogen (secondary N) is 2. The van der Waals surface area contributed by atoms with Crippen LogP contribution in [0.5, 0.6) is 0 Å². The lowest BCUT2D eigenvalue weighted by atomic mass is 9.87. The third kappa shape index (κ3) is 4.51. The van der Waals surface area contributed by atoms with Crippen LogP contribution in [-0.4, -0.2) is 25.6 Å². The van der Waals surface area contributed by atoms with Crippen molar-refractivity contribution in [2.45, 2.75) is 51.5 Å². The summed E-state index contributed by atoms with van der Waals surface area (Å²) in [7, 11) is 1.86. The third-order valence-corrected chi connectivity index (χ3v) is 5.21. The molecular weight excluding hydrogens is 266 g/mol. The smallest absolute Gasteiger partial charge is 0.191 e. The van der Waals surface area contributed by atoms with Crippen LogP contribution in [0.2, 0.25) is 0 Å². The Balaban J connectivity index is 1.78. The van der Waals surface area contributed by atoms with E-state index in [4.69, 9.17) is 0 Å². The molecule has 1 aromatic heterocycles. The number of hydrogen-bond acceptors (Lipinski definition) is 2. The predicted octanol–water partition coefficient (Wildman–Crippen LogP) is 3.60. The molecule has 3 atom stereocenters. The molecule has 2 N–H and O–H groups in total. The summed E-state index contributed by atoms with van der Waals surface area (Å²) in [6, 6.07) is 4.91. The predicted molar refractivity (Wildman–Crippen MR) is 88.7 cm³/mol. The highest BCUT2D eigenvalue weighted by atomic mass is 32.1. The Morgan fingerprint density at radius 1 is 1.50 bits per heavy atom. The Hall–Kier alpha value is -1.03. The first-order valence-electron chi connectivity index (χ1n) is 7.69. The van der Waals surface area contributed by atoms with E-state index in [1.54, 1.807) is 0 Å². The average molecular weight is 293 g/mol. The fraction of sp³-hybridized carbons (Fsp3) is 0.688. The summed E-state index contributed by atoms with van der Waals surface area (Å²) in [5, 5.41) is 9.19. The topological polar surface area (TPSA) is 36.4 Å². The Kier molecular flexibility index (Phi) is 5.89. The van der Waals surface area contributed by atoms with Gasteiger partial charge in [-0.05, 0) is 30.2 Å². The minimum absolute atomic E-state index is 0.527. The summed E-state index contributed by atoms with van der Waals surface area (Å²) in [5.74, 6) is 2.32. The molecule has 3 unspecified atom stereocenters. The van der Waals surface area contributed by atoms with Crippen molar-refractivity contribution in [1.29, 1.82) is 0 Å². The highest BCUT2D eigenvalue weighted by molar-refractivity contribution is 7.10. The van der Waals surface area contributed by atoms with Gasteiger partial charge in [0.2, 0.25) is 0 Å². The lowest BCUT2D eigenvalue weighted by Gasteiger charge is -2.29. The number of aliphatic imine (C=N–C) groups is 1. The van der Waals surface area contributed by atoms with Crippen LogP contribution in [0.25, 0.3) is 0 Å². The summed E-state index contributed by atoms with van der Waals surface area (Å²) in [5.41, 5.74) is 0. The van der Waals surface area contributed by atoms with Gasteiger partial charge in [-0.3, -0.25) is 4.99 Å². The highest BCUT2D eigenvalue weighted by Crippen LogP contribution is 2.23. The number of guanidine groups is 1. The molecule has 0 aliphatic heterocycles. The van der Waals surface area contributed by atoms with E-state index in [-0.39, 0.29) is 0 Å². The van der Waals surface area contributed by atoms with Gasteiger partial charge in [0, 0.05) is 30.4 Å². The van der Waals surface area contributed by atoms with Gasteiger partial charge in [0.15, 0.2) is 5.96 Å². The zero-order valence-corrected chi connectivity index (χ0v) is 13.7. The van der Waals surface area contributed by atoms with E-state index in [1.807, 2.05) is 18.4 Å². The van der Waals surface area contributed by atoms with E-state index >= 15 is 0 Å². The second-order valence-electron chi connectivity index (χ2n) is 5.98. The maximum Gasteiger partial charge on any atom is 0.191 e. The Morgan fingerprint density at radius 2 is 2.35 bits per heavy atom. The summed E-state index contributed by atoms with van der Waals surface area (Å²) in [4.78, 5) is 5.79. The van der Waals surface area contributed by atoms with Crippen molar-refractivity contribution in [3.63, 3.8) is 0 Å². The van der Waals surface area contributed by atoms with Gasteiger partial charge in [-0.25, -0.2) is 0 Å². The molecule has 0 spiro atoms. The van der Waals surface area contributed by atoms with Gasteiger partial charge in [0.1, 0.15) is 0 Å². The lowest BCUT2D eigenvalue weighted by Crippen LogP contribution is -2.45. The van der Waals surface area contributed by atoms with Crippen molar-refractivity contribution >= 4 is 17.3 Å². The second kappa shape index (κ2) is 7.67. The Morgan fingerprint density at radius 3 is 3.00 bits per heavy atom. The van der Waals surface area contributed by atoms with Crippen LogP contribution in [0.15, 0.2) is 22.5 Å². The molecule has 0 amide bonds. The number of hydrogen-bond donors (Lipinski definition) is 2. The Labute approximate surface area is 126 Å². The molecule has 0 radical (unpaired) electrons. The van der Waals surface area contributed by atoms with Gasteiger partial charge in [-0.2, -0.15) is 0 Å². The summed E-state index contributed by atoms with van der Waals surface area (Å²) < 4.78 is 0. The molecule has 0 saturated heterocycles. The van der Waals surface area contributed by atoms with Crippen molar-refractivity contribution in [3.8, 4) is 0 Å². The van der Waals surface area contributed by atoms with Gasteiger partial charge in [0.05, 0.1) is 0 Å². The molecule has 4 heteroatoms. The first kappa shape index (κ1) is 15.4. The molecule has 1 aromatic rings. The van der Waals surface area contributed by atoms with Gasteiger partial charge < -0.3 is 10.6 Å². The molecule has 1 aliphatic rings. The molecular formula is C16H27N3S. The number of thiophene rings is 1. The van der Waals surface area contributed by atoms with Crippen molar-refractivity contribution in [3.05, 3.63) is 22.4 Å². The molecule has 1 aliphatic carbocycles. The van der Waals surface area contributed by atoms with Gasteiger partial charge in [0.25, 0.3) is 0 Å². The molecule has 112 valence electrons. The van der Waals surface area contributed by atoms with Crippen LogP contribution in [0.3, 0.4) is 0 Å². The normalized spacial score (nSPS) is 25.2. The van der Waals surface area contributed by atoms with Crippen LogP contribution < -0.4 is 10.6 Å². The van der Waals surface area contributed by atoms with Crippen molar-refractivity contribution in [2.75, 3.05) is 13.6 Å². The molecule has 1 saturated carbocycles. The number of rotatable bonds is 4. The highest BCUT2D eigenvalue weighted by Gasteiger charge is 2.19. The van der Waals surface area contributed by atoms with E-state index in [0.717, 1.165) is 18.4 Å². The maximum atomic E-state index is 4.36. The average Bonchev–Trinajstić information content (AvgIpc) is 2.97. The second-order valence-corrected chi connectivity index (χ2v) is 6.96. The molecule has 3 nitrogen and oxygen atoms in total. The van der Waals surface area contributed by atoms with Crippen molar-refractivity contribution in [2.24, 2.45) is 10.9 Å². The first-order chi connectivity index (χ1) is 9.69. The molecule has 0 aromatic carbocycles. The first-order valence-corrected chi connectivity index (χ1v) is 8.57. The molecule has 1 fully saturated rings.